The molecule has 0 unspecified atom stereocenters. The highest BCUT2D eigenvalue weighted by Crippen LogP contribution is 2.25. The van der Waals surface area contributed by atoms with Gasteiger partial charge in [0.15, 0.2) is 0 Å². The van der Waals surface area contributed by atoms with Gasteiger partial charge in [-0.2, -0.15) is 0 Å². The van der Waals surface area contributed by atoms with Gasteiger partial charge in [-0.25, -0.2) is 4.98 Å². The predicted molar refractivity (Wildman–Crippen MR) is 82.9 cm³/mol. The van der Waals surface area contributed by atoms with Crippen LogP contribution in [0.4, 0.5) is 0 Å². The van der Waals surface area contributed by atoms with Gasteiger partial charge >= 0.3 is 5.97 Å². The third kappa shape index (κ3) is 4.29. The quantitative estimate of drug-likeness (QED) is 0.916. The number of benzene rings is 1. The number of aliphatic carboxylic acids is 1. The number of hydrogen-bond acceptors (Lipinski definition) is 4. The van der Waals surface area contributed by atoms with E-state index in [1.807, 2.05) is 17.5 Å². The number of ether oxygens (including phenoxy) is 1. The minimum Gasteiger partial charge on any atom is -0.486 e. The number of hydrogen-bond donors (Lipinski definition) is 1. The SMILES string of the molecule is CC(C)(C)c1csc(COc2ccccc2CC(=O)O)n1. The van der Waals surface area contributed by atoms with Crippen LogP contribution in [0.1, 0.15) is 37.0 Å². The molecule has 0 aliphatic carbocycles. The maximum absolute atomic E-state index is 10.8. The van der Waals surface area contributed by atoms with E-state index in [0.29, 0.717) is 17.9 Å². The first kappa shape index (κ1) is 15.5. The molecule has 0 atom stereocenters. The standard InChI is InChI=1S/C16H19NO3S/c1-16(2,3)13-10-21-14(17-13)9-20-12-7-5-4-6-11(12)8-15(18)19/h4-7,10H,8-9H2,1-3H3,(H,18,19). The Morgan fingerprint density at radius 2 is 2.05 bits per heavy atom. The zero-order chi connectivity index (χ0) is 15.5. The van der Waals surface area contributed by atoms with Crippen molar-refractivity contribution in [2.75, 3.05) is 0 Å². The summed E-state index contributed by atoms with van der Waals surface area (Å²) in [6.07, 6.45) is -0.0404. The van der Waals surface area contributed by atoms with Crippen LogP contribution < -0.4 is 4.74 Å². The second-order valence-corrected chi connectivity index (χ2v) is 6.79. The Balaban J connectivity index is 2.06. The van der Waals surface area contributed by atoms with E-state index in [2.05, 4.69) is 25.8 Å². The molecule has 1 heterocycles. The van der Waals surface area contributed by atoms with Crippen LogP contribution >= 0.6 is 11.3 Å². The maximum atomic E-state index is 10.8. The molecule has 0 fully saturated rings. The lowest BCUT2D eigenvalue weighted by atomic mass is 9.93. The lowest BCUT2D eigenvalue weighted by molar-refractivity contribution is -0.136. The molecular weight excluding hydrogens is 286 g/mol. The number of thiazole rings is 1. The molecule has 0 aliphatic heterocycles. The number of nitrogens with zero attached hydrogens (tertiary/aromatic N) is 1. The number of carbonyl (C=O) groups is 1. The fraction of sp³-hybridized carbons (Fsp3) is 0.375. The average Bonchev–Trinajstić information content (AvgIpc) is 2.86. The molecule has 2 aromatic rings. The van der Waals surface area contributed by atoms with E-state index in [0.717, 1.165) is 10.7 Å². The second kappa shape index (κ2) is 6.26. The van der Waals surface area contributed by atoms with Gasteiger partial charge in [0.2, 0.25) is 0 Å². The summed E-state index contributed by atoms with van der Waals surface area (Å²) in [6.45, 7) is 6.72. The van der Waals surface area contributed by atoms with E-state index in [9.17, 15) is 4.79 Å². The van der Waals surface area contributed by atoms with E-state index in [1.165, 1.54) is 0 Å². The molecule has 0 amide bonds. The zero-order valence-corrected chi connectivity index (χ0v) is 13.2. The highest BCUT2D eigenvalue weighted by molar-refractivity contribution is 7.09. The van der Waals surface area contributed by atoms with E-state index in [4.69, 9.17) is 9.84 Å². The molecule has 112 valence electrons. The Kier molecular flexibility index (Phi) is 4.63. The van der Waals surface area contributed by atoms with Crippen LogP contribution in [-0.4, -0.2) is 16.1 Å². The Hall–Kier alpha value is -1.88. The number of carboxylic acids is 1. The van der Waals surface area contributed by atoms with E-state index in [-0.39, 0.29) is 11.8 Å². The van der Waals surface area contributed by atoms with Gasteiger partial charge in [-0.1, -0.05) is 39.0 Å². The molecule has 0 radical (unpaired) electrons. The van der Waals surface area contributed by atoms with Gasteiger partial charge in [0.25, 0.3) is 0 Å². The molecule has 0 saturated carbocycles. The minimum absolute atomic E-state index is 0.0238. The van der Waals surface area contributed by atoms with Gasteiger partial charge in [-0.3, -0.25) is 4.79 Å². The van der Waals surface area contributed by atoms with Crippen molar-refractivity contribution in [2.24, 2.45) is 0 Å². The molecule has 0 bridgehead atoms. The van der Waals surface area contributed by atoms with Crippen molar-refractivity contribution in [3.8, 4) is 5.75 Å². The fourth-order valence-corrected chi connectivity index (χ4v) is 2.75. The molecule has 0 aliphatic rings. The van der Waals surface area contributed by atoms with Crippen LogP contribution in [-0.2, 0) is 23.2 Å². The minimum atomic E-state index is -0.865. The van der Waals surface area contributed by atoms with Gasteiger partial charge in [-0.05, 0) is 6.07 Å². The van der Waals surface area contributed by atoms with Gasteiger partial charge in [0, 0.05) is 16.4 Å². The van der Waals surface area contributed by atoms with Crippen molar-refractivity contribution in [3.05, 3.63) is 45.9 Å². The summed E-state index contributed by atoms with van der Waals surface area (Å²) in [5.41, 5.74) is 1.75. The highest BCUT2D eigenvalue weighted by Gasteiger charge is 2.17. The largest absolute Gasteiger partial charge is 0.486 e. The van der Waals surface area contributed by atoms with Crippen molar-refractivity contribution < 1.29 is 14.6 Å². The molecule has 0 spiro atoms. The number of aromatic nitrogens is 1. The topological polar surface area (TPSA) is 59.4 Å². The molecule has 1 aromatic heterocycles. The molecular formula is C16H19NO3S. The summed E-state index contributed by atoms with van der Waals surface area (Å²) < 4.78 is 5.73. The second-order valence-electron chi connectivity index (χ2n) is 5.84. The molecule has 4 nitrogen and oxygen atoms in total. The average molecular weight is 305 g/mol. The third-order valence-electron chi connectivity index (χ3n) is 2.99. The summed E-state index contributed by atoms with van der Waals surface area (Å²) in [5, 5.41) is 11.8. The fourth-order valence-electron chi connectivity index (χ4n) is 1.81. The molecule has 5 heteroatoms. The van der Waals surface area contributed by atoms with Gasteiger partial charge < -0.3 is 9.84 Å². The molecule has 0 saturated heterocycles. The van der Waals surface area contributed by atoms with Crippen molar-refractivity contribution in [2.45, 2.75) is 39.2 Å². The van der Waals surface area contributed by atoms with Gasteiger partial charge in [0.1, 0.15) is 17.4 Å². The first-order valence-electron chi connectivity index (χ1n) is 6.73. The number of carboxylic acid groups (broad SMARTS) is 1. The Morgan fingerprint density at radius 1 is 1.33 bits per heavy atom. The van der Waals surface area contributed by atoms with Gasteiger partial charge in [-0.15, -0.1) is 11.3 Å². The van der Waals surface area contributed by atoms with Crippen molar-refractivity contribution in [1.29, 1.82) is 0 Å². The van der Waals surface area contributed by atoms with Gasteiger partial charge in [0.05, 0.1) is 12.1 Å². The van der Waals surface area contributed by atoms with E-state index in [1.54, 1.807) is 23.5 Å². The van der Waals surface area contributed by atoms with Crippen molar-refractivity contribution in [1.82, 2.24) is 4.98 Å². The van der Waals surface area contributed by atoms with E-state index >= 15 is 0 Å². The van der Waals surface area contributed by atoms with Crippen molar-refractivity contribution in [3.63, 3.8) is 0 Å². The third-order valence-corrected chi connectivity index (χ3v) is 3.81. The van der Waals surface area contributed by atoms with Crippen LogP contribution in [0.15, 0.2) is 29.6 Å². The maximum Gasteiger partial charge on any atom is 0.307 e. The first-order valence-corrected chi connectivity index (χ1v) is 7.61. The lowest BCUT2D eigenvalue weighted by Crippen LogP contribution is -2.11. The summed E-state index contributed by atoms with van der Waals surface area (Å²) in [4.78, 5) is 15.4. The Bertz CT molecular complexity index is 628. The molecule has 1 N–H and O–H groups in total. The summed E-state index contributed by atoms with van der Waals surface area (Å²) >= 11 is 1.56. The predicted octanol–water partition coefficient (Wildman–Crippen LogP) is 3.65. The summed E-state index contributed by atoms with van der Waals surface area (Å²) in [6, 6.07) is 7.21. The molecule has 2 rings (SSSR count). The highest BCUT2D eigenvalue weighted by atomic mass is 32.1. The van der Waals surface area contributed by atoms with Crippen LogP contribution in [0, 0.1) is 0 Å². The smallest absolute Gasteiger partial charge is 0.307 e. The van der Waals surface area contributed by atoms with E-state index < -0.39 is 5.97 Å². The molecule has 21 heavy (non-hydrogen) atoms. The Morgan fingerprint density at radius 3 is 2.67 bits per heavy atom. The lowest BCUT2D eigenvalue weighted by Gasteiger charge is -2.14. The first-order chi connectivity index (χ1) is 9.86. The number of rotatable bonds is 5. The van der Waals surface area contributed by atoms with Crippen molar-refractivity contribution >= 4 is 17.3 Å². The summed E-state index contributed by atoms with van der Waals surface area (Å²) in [7, 11) is 0. The number of para-hydroxylation sites is 1. The zero-order valence-electron chi connectivity index (χ0n) is 12.4. The monoisotopic (exact) mass is 305 g/mol. The van der Waals surface area contributed by atoms with Crippen LogP contribution in [0.3, 0.4) is 0 Å². The molecule has 1 aromatic carbocycles. The summed E-state index contributed by atoms with van der Waals surface area (Å²) in [5.74, 6) is -0.261. The van der Waals surface area contributed by atoms with Crippen LogP contribution in [0.25, 0.3) is 0 Å². The normalized spacial score (nSPS) is 11.4. The van der Waals surface area contributed by atoms with Crippen LogP contribution in [0.5, 0.6) is 5.75 Å². The Labute approximate surface area is 128 Å². The van der Waals surface area contributed by atoms with Crippen LogP contribution in [0.2, 0.25) is 0 Å².